The largest absolute Gasteiger partial charge is 0.383 e. The third kappa shape index (κ3) is 1.95. The van der Waals surface area contributed by atoms with Crippen LogP contribution < -0.4 is 11.1 Å². The summed E-state index contributed by atoms with van der Waals surface area (Å²) in [6, 6.07) is 4.86. The Morgan fingerprint density at radius 1 is 1.50 bits per heavy atom. The lowest BCUT2D eigenvalue weighted by atomic mass is 10.2. The lowest BCUT2D eigenvalue weighted by Gasteiger charge is -2.05. The fourth-order valence-corrected chi connectivity index (χ4v) is 1.03. The van der Waals surface area contributed by atoms with Crippen LogP contribution in [0.3, 0.4) is 0 Å². The summed E-state index contributed by atoms with van der Waals surface area (Å²) in [5.74, 6) is -0.228. The van der Waals surface area contributed by atoms with Crippen LogP contribution in [0.1, 0.15) is 12.5 Å². The molecule has 12 heavy (non-hydrogen) atoms. The zero-order chi connectivity index (χ0) is 8.97. The molecule has 3 heteroatoms. The first-order chi connectivity index (χ1) is 5.77. The van der Waals surface area contributed by atoms with E-state index in [4.69, 9.17) is 5.73 Å². The van der Waals surface area contributed by atoms with Crippen molar-refractivity contribution in [3.63, 3.8) is 0 Å². The first-order valence-corrected chi connectivity index (χ1v) is 4.00. The van der Waals surface area contributed by atoms with Gasteiger partial charge in [-0.15, -0.1) is 0 Å². The third-order valence-electron chi connectivity index (χ3n) is 1.63. The summed E-state index contributed by atoms with van der Waals surface area (Å²) in [4.78, 5) is 0. The number of hydrogen-bond donors (Lipinski definition) is 2. The van der Waals surface area contributed by atoms with E-state index in [0.29, 0.717) is 18.8 Å². The third-order valence-corrected chi connectivity index (χ3v) is 1.63. The fourth-order valence-electron chi connectivity index (χ4n) is 1.03. The first-order valence-electron chi connectivity index (χ1n) is 4.00. The van der Waals surface area contributed by atoms with Gasteiger partial charge in [-0.2, -0.15) is 0 Å². The van der Waals surface area contributed by atoms with Crippen LogP contribution >= 0.6 is 0 Å². The van der Waals surface area contributed by atoms with Gasteiger partial charge in [-0.25, -0.2) is 4.39 Å². The minimum atomic E-state index is -0.228. The average Bonchev–Trinajstić information content (AvgIpc) is 2.09. The second-order valence-corrected chi connectivity index (χ2v) is 2.55. The van der Waals surface area contributed by atoms with Crippen molar-refractivity contribution < 1.29 is 4.39 Å². The van der Waals surface area contributed by atoms with Crippen LogP contribution in [-0.4, -0.2) is 6.54 Å². The zero-order valence-electron chi connectivity index (χ0n) is 7.10. The SMILES string of the molecule is CCNc1cc(CN)ccc1F. The van der Waals surface area contributed by atoms with Crippen LogP contribution in [-0.2, 0) is 6.54 Å². The van der Waals surface area contributed by atoms with Gasteiger partial charge in [-0.1, -0.05) is 6.07 Å². The van der Waals surface area contributed by atoms with Gasteiger partial charge in [-0.3, -0.25) is 0 Å². The van der Waals surface area contributed by atoms with Crippen molar-refractivity contribution in [2.75, 3.05) is 11.9 Å². The van der Waals surface area contributed by atoms with Crippen molar-refractivity contribution in [2.45, 2.75) is 13.5 Å². The van der Waals surface area contributed by atoms with E-state index in [0.717, 1.165) is 5.56 Å². The second kappa shape index (κ2) is 4.07. The Hall–Kier alpha value is -1.09. The molecule has 0 spiro atoms. The minimum absolute atomic E-state index is 0.228. The molecule has 0 fully saturated rings. The van der Waals surface area contributed by atoms with Gasteiger partial charge >= 0.3 is 0 Å². The number of benzene rings is 1. The molecule has 0 aromatic heterocycles. The molecule has 0 radical (unpaired) electrons. The quantitative estimate of drug-likeness (QED) is 0.721. The molecule has 3 N–H and O–H groups in total. The minimum Gasteiger partial charge on any atom is -0.383 e. The van der Waals surface area contributed by atoms with E-state index in [-0.39, 0.29) is 5.82 Å². The molecule has 0 aliphatic rings. The van der Waals surface area contributed by atoms with E-state index < -0.39 is 0 Å². The average molecular weight is 168 g/mol. The molecule has 1 aromatic carbocycles. The van der Waals surface area contributed by atoms with Crippen molar-refractivity contribution in [1.29, 1.82) is 0 Å². The van der Waals surface area contributed by atoms with Crippen LogP contribution in [0.4, 0.5) is 10.1 Å². The summed E-state index contributed by atoms with van der Waals surface area (Å²) >= 11 is 0. The predicted molar refractivity (Wildman–Crippen MR) is 48.5 cm³/mol. The molecule has 66 valence electrons. The highest BCUT2D eigenvalue weighted by Crippen LogP contribution is 2.15. The number of hydrogen-bond acceptors (Lipinski definition) is 2. The van der Waals surface area contributed by atoms with Crippen molar-refractivity contribution >= 4 is 5.69 Å². The number of halogens is 1. The van der Waals surface area contributed by atoms with Gasteiger partial charge in [0.05, 0.1) is 5.69 Å². The van der Waals surface area contributed by atoms with Crippen LogP contribution in [0.2, 0.25) is 0 Å². The first kappa shape index (κ1) is 9.00. The number of nitrogens with two attached hydrogens (primary N) is 1. The number of nitrogens with one attached hydrogen (secondary N) is 1. The van der Waals surface area contributed by atoms with Gasteiger partial charge in [0, 0.05) is 13.1 Å². The number of rotatable bonds is 3. The van der Waals surface area contributed by atoms with E-state index in [9.17, 15) is 4.39 Å². The van der Waals surface area contributed by atoms with Gasteiger partial charge in [0.25, 0.3) is 0 Å². The molecule has 0 bridgehead atoms. The Morgan fingerprint density at radius 3 is 2.83 bits per heavy atom. The monoisotopic (exact) mass is 168 g/mol. The molecule has 0 heterocycles. The molecule has 0 aliphatic carbocycles. The topological polar surface area (TPSA) is 38.0 Å². The molecule has 0 amide bonds. The lowest BCUT2D eigenvalue weighted by Crippen LogP contribution is -2.02. The van der Waals surface area contributed by atoms with Gasteiger partial charge < -0.3 is 11.1 Å². The normalized spacial score (nSPS) is 9.92. The molecular weight excluding hydrogens is 155 g/mol. The van der Waals surface area contributed by atoms with E-state index in [1.165, 1.54) is 6.07 Å². The summed E-state index contributed by atoms with van der Waals surface area (Å²) < 4.78 is 13.0. The predicted octanol–water partition coefficient (Wildman–Crippen LogP) is 1.72. The zero-order valence-corrected chi connectivity index (χ0v) is 7.10. The Kier molecular flexibility index (Phi) is 3.05. The van der Waals surface area contributed by atoms with Crippen molar-refractivity contribution in [3.05, 3.63) is 29.6 Å². The highest BCUT2D eigenvalue weighted by Gasteiger charge is 2.00. The van der Waals surface area contributed by atoms with Gasteiger partial charge in [0.15, 0.2) is 0 Å². The van der Waals surface area contributed by atoms with Crippen molar-refractivity contribution in [3.8, 4) is 0 Å². The van der Waals surface area contributed by atoms with Crippen molar-refractivity contribution in [2.24, 2.45) is 5.73 Å². The molecule has 0 atom stereocenters. The molecule has 0 saturated carbocycles. The highest BCUT2D eigenvalue weighted by atomic mass is 19.1. The highest BCUT2D eigenvalue weighted by molar-refractivity contribution is 5.47. The maximum atomic E-state index is 13.0. The summed E-state index contributed by atoms with van der Waals surface area (Å²) in [5, 5.41) is 2.92. The standard InChI is InChI=1S/C9H13FN2/c1-2-12-9-5-7(6-11)3-4-8(9)10/h3-5,12H,2,6,11H2,1H3. The summed E-state index contributed by atoms with van der Waals surface area (Å²) in [7, 11) is 0. The molecule has 1 rings (SSSR count). The van der Waals surface area contributed by atoms with E-state index >= 15 is 0 Å². The maximum absolute atomic E-state index is 13.0. The fraction of sp³-hybridized carbons (Fsp3) is 0.333. The molecule has 1 aromatic rings. The smallest absolute Gasteiger partial charge is 0.146 e. The van der Waals surface area contributed by atoms with Crippen LogP contribution in [0.5, 0.6) is 0 Å². The lowest BCUT2D eigenvalue weighted by molar-refractivity contribution is 0.629. The van der Waals surface area contributed by atoms with Crippen molar-refractivity contribution in [1.82, 2.24) is 0 Å². The summed E-state index contributed by atoms with van der Waals surface area (Å²) in [6.07, 6.45) is 0. The van der Waals surface area contributed by atoms with E-state index in [1.54, 1.807) is 12.1 Å². The van der Waals surface area contributed by atoms with E-state index in [2.05, 4.69) is 5.32 Å². The molecular formula is C9H13FN2. The molecule has 2 nitrogen and oxygen atoms in total. The van der Waals surface area contributed by atoms with Crippen LogP contribution in [0.15, 0.2) is 18.2 Å². The molecule has 0 saturated heterocycles. The Labute approximate surface area is 71.6 Å². The van der Waals surface area contributed by atoms with Crippen LogP contribution in [0, 0.1) is 5.82 Å². The molecule has 0 aliphatic heterocycles. The Bertz CT molecular complexity index is 261. The van der Waals surface area contributed by atoms with Gasteiger partial charge in [0.2, 0.25) is 0 Å². The Morgan fingerprint density at radius 2 is 2.25 bits per heavy atom. The van der Waals surface area contributed by atoms with Gasteiger partial charge in [-0.05, 0) is 24.6 Å². The molecule has 0 unspecified atom stereocenters. The van der Waals surface area contributed by atoms with E-state index in [1.807, 2.05) is 6.92 Å². The summed E-state index contributed by atoms with van der Waals surface area (Å²) in [6.45, 7) is 3.08. The number of anilines is 1. The second-order valence-electron chi connectivity index (χ2n) is 2.55. The Balaban J connectivity index is 2.91. The van der Waals surface area contributed by atoms with Gasteiger partial charge in [0.1, 0.15) is 5.82 Å². The summed E-state index contributed by atoms with van der Waals surface area (Å²) in [5.41, 5.74) is 6.88. The maximum Gasteiger partial charge on any atom is 0.146 e. The van der Waals surface area contributed by atoms with Crippen LogP contribution in [0.25, 0.3) is 0 Å².